The number of benzene rings is 1. The highest BCUT2D eigenvalue weighted by Crippen LogP contribution is 2.36. The number of nitrogens with one attached hydrogen (secondary N) is 1. The molecule has 1 aromatic heterocycles. The van der Waals surface area contributed by atoms with Crippen LogP contribution in [0.1, 0.15) is 68.8 Å². The average molecular weight is 519 g/mol. The van der Waals surface area contributed by atoms with Crippen LogP contribution in [0.4, 0.5) is 5.82 Å². The summed E-state index contributed by atoms with van der Waals surface area (Å²) in [4.78, 5) is 14.7. The molecule has 7 heteroatoms. The van der Waals surface area contributed by atoms with Crippen molar-refractivity contribution in [2.45, 2.75) is 84.2 Å². The summed E-state index contributed by atoms with van der Waals surface area (Å²) in [7, 11) is 2.17. The Bertz CT molecular complexity index is 1080. The third kappa shape index (κ3) is 7.03. The predicted molar refractivity (Wildman–Crippen MR) is 154 cm³/mol. The van der Waals surface area contributed by atoms with Crippen LogP contribution in [0.3, 0.4) is 0 Å². The number of fused-ring (bicyclic) bond motifs is 1. The van der Waals surface area contributed by atoms with Crippen LogP contribution < -0.4 is 15.0 Å². The molecule has 1 aromatic carbocycles. The first-order chi connectivity index (χ1) is 18.6. The molecule has 0 radical (unpaired) electrons. The molecule has 206 valence electrons. The number of rotatable bonds is 8. The molecular weight excluding hydrogens is 472 g/mol. The Morgan fingerprint density at radius 2 is 1.89 bits per heavy atom. The molecule has 5 rings (SSSR count). The summed E-state index contributed by atoms with van der Waals surface area (Å²) in [6, 6.07) is 12.3. The second kappa shape index (κ2) is 13.9. The Morgan fingerprint density at radius 3 is 2.61 bits per heavy atom. The molecule has 1 aliphatic carbocycles. The van der Waals surface area contributed by atoms with Gasteiger partial charge in [0.2, 0.25) is 0 Å². The van der Waals surface area contributed by atoms with Crippen molar-refractivity contribution in [1.29, 1.82) is 5.26 Å². The molecule has 0 saturated carbocycles. The molecule has 3 unspecified atom stereocenters. The van der Waals surface area contributed by atoms with Gasteiger partial charge in [-0.3, -0.25) is 0 Å². The quantitative estimate of drug-likeness (QED) is 0.548. The fourth-order valence-corrected chi connectivity index (χ4v) is 6.02. The number of nitrogens with zero attached hydrogens (tertiary/aromatic N) is 5. The van der Waals surface area contributed by atoms with Gasteiger partial charge in [0.25, 0.3) is 0 Å². The van der Waals surface area contributed by atoms with Gasteiger partial charge in [-0.15, -0.1) is 0 Å². The van der Waals surface area contributed by atoms with Gasteiger partial charge in [0.05, 0.1) is 18.2 Å². The van der Waals surface area contributed by atoms with Crippen molar-refractivity contribution in [1.82, 2.24) is 20.2 Å². The van der Waals surface area contributed by atoms with E-state index in [0.29, 0.717) is 31.0 Å². The normalized spacial score (nSPS) is 22.9. The summed E-state index contributed by atoms with van der Waals surface area (Å²) in [5, 5.41) is 12.7. The van der Waals surface area contributed by atoms with E-state index in [2.05, 4.69) is 73.3 Å². The topological polar surface area (TPSA) is 77.3 Å². The zero-order valence-corrected chi connectivity index (χ0v) is 23.9. The summed E-state index contributed by atoms with van der Waals surface area (Å²) in [5.41, 5.74) is 5.34. The molecule has 1 N–H and O–H groups in total. The van der Waals surface area contributed by atoms with Gasteiger partial charge in [-0.2, -0.15) is 15.2 Å². The van der Waals surface area contributed by atoms with Crippen molar-refractivity contribution in [3.05, 3.63) is 46.6 Å². The van der Waals surface area contributed by atoms with Crippen LogP contribution in [0.5, 0.6) is 6.01 Å². The van der Waals surface area contributed by atoms with E-state index in [1.165, 1.54) is 36.0 Å². The highest BCUT2D eigenvalue weighted by atomic mass is 16.5. The van der Waals surface area contributed by atoms with Gasteiger partial charge in [0.1, 0.15) is 12.4 Å². The van der Waals surface area contributed by atoms with E-state index in [9.17, 15) is 5.26 Å². The highest BCUT2D eigenvalue weighted by Gasteiger charge is 2.32. The van der Waals surface area contributed by atoms with E-state index in [0.717, 1.165) is 63.4 Å². The van der Waals surface area contributed by atoms with Gasteiger partial charge in [-0.25, -0.2) is 0 Å². The first-order valence-electron chi connectivity index (χ1n) is 14.7. The zero-order valence-electron chi connectivity index (χ0n) is 23.9. The van der Waals surface area contributed by atoms with Crippen LogP contribution in [0.25, 0.3) is 0 Å². The number of piperazine rings is 1. The summed E-state index contributed by atoms with van der Waals surface area (Å²) in [5.74, 6) is 1.56. The Kier molecular flexibility index (Phi) is 10.4. The predicted octanol–water partition coefficient (Wildman–Crippen LogP) is 4.58. The molecule has 0 bridgehead atoms. The number of likely N-dealkylation sites (tertiary alicyclic amines) is 1. The van der Waals surface area contributed by atoms with E-state index in [1.54, 1.807) is 0 Å². The van der Waals surface area contributed by atoms with Crippen LogP contribution in [0.15, 0.2) is 24.3 Å². The number of ether oxygens (including phenoxy) is 1. The molecule has 0 amide bonds. The Labute approximate surface area is 229 Å². The SMILES string of the molecule is CCC.CCc1ccccc1CC1Cc2nc(OCC3CCCN3C)nc(N3CCNC(CC#N)C3)c2C1. The van der Waals surface area contributed by atoms with Crippen LogP contribution >= 0.6 is 0 Å². The number of hydrogen-bond acceptors (Lipinski definition) is 7. The third-order valence-electron chi connectivity index (χ3n) is 8.00. The molecule has 2 aromatic rings. The van der Waals surface area contributed by atoms with Crippen molar-refractivity contribution >= 4 is 5.82 Å². The smallest absolute Gasteiger partial charge is 0.318 e. The lowest BCUT2D eigenvalue weighted by Crippen LogP contribution is -2.51. The molecule has 38 heavy (non-hydrogen) atoms. The molecule has 2 saturated heterocycles. The van der Waals surface area contributed by atoms with Gasteiger partial charge in [0, 0.05) is 37.3 Å². The van der Waals surface area contributed by atoms with Crippen molar-refractivity contribution in [3.8, 4) is 12.1 Å². The fourth-order valence-electron chi connectivity index (χ4n) is 6.02. The van der Waals surface area contributed by atoms with Crippen LogP contribution in [-0.2, 0) is 25.7 Å². The second-order valence-electron chi connectivity index (χ2n) is 11.1. The summed E-state index contributed by atoms with van der Waals surface area (Å²) < 4.78 is 6.22. The van der Waals surface area contributed by atoms with Crippen molar-refractivity contribution < 1.29 is 4.74 Å². The maximum absolute atomic E-state index is 9.23. The average Bonchev–Trinajstić information content (AvgIpc) is 3.53. The molecule has 2 fully saturated rings. The standard InChI is InChI=1S/C28H38N6O.C3H8/c1-3-21-7-4-5-8-22(21)15-20-16-25-26(17-20)31-28(35-19-24-9-6-13-33(24)2)32-27(25)34-14-12-30-23(18-34)10-11-29;1-3-2/h4-5,7-8,20,23-24,30H,3,6,9-10,12-19H2,1-2H3;3H2,1-2H3. The monoisotopic (exact) mass is 518 g/mol. The van der Waals surface area contributed by atoms with Gasteiger partial charge >= 0.3 is 6.01 Å². The third-order valence-corrected chi connectivity index (χ3v) is 8.00. The minimum atomic E-state index is 0.171. The zero-order chi connectivity index (χ0) is 26.9. The maximum atomic E-state index is 9.23. The largest absolute Gasteiger partial charge is 0.462 e. The van der Waals surface area contributed by atoms with Gasteiger partial charge < -0.3 is 19.9 Å². The van der Waals surface area contributed by atoms with Crippen LogP contribution in [-0.4, -0.2) is 66.8 Å². The lowest BCUT2D eigenvalue weighted by atomic mass is 9.93. The molecule has 3 atom stereocenters. The first kappa shape index (κ1) is 28.3. The number of aryl methyl sites for hydroxylation is 1. The highest BCUT2D eigenvalue weighted by molar-refractivity contribution is 5.53. The van der Waals surface area contributed by atoms with Crippen molar-refractivity contribution in [3.63, 3.8) is 0 Å². The van der Waals surface area contributed by atoms with Crippen LogP contribution in [0.2, 0.25) is 0 Å². The number of likely N-dealkylation sites (N-methyl/N-ethyl adjacent to an activating group) is 1. The molecule has 7 nitrogen and oxygen atoms in total. The molecule has 3 heterocycles. The Hall–Kier alpha value is -2.69. The lowest BCUT2D eigenvalue weighted by molar-refractivity contribution is 0.187. The van der Waals surface area contributed by atoms with E-state index in [-0.39, 0.29) is 6.04 Å². The van der Waals surface area contributed by atoms with E-state index >= 15 is 0 Å². The Balaban J connectivity index is 0.00000107. The van der Waals surface area contributed by atoms with E-state index in [1.807, 2.05) is 0 Å². The maximum Gasteiger partial charge on any atom is 0.318 e. The Morgan fingerprint density at radius 1 is 1.11 bits per heavy atom. The molecule has 0 spiro atoms. The summed E-state index contributed by atoms with van der Waals surface area (Å²) in [6.45, 7) is 10.8. The lowest BCUT2D eigenvalue weighted by Gasteiger charge is -2.34. The van der Waals surface area contributed by atoms with Crippen molar-refractivity contribution in [2.24, 2.45) is 5.92 Å². The van der Waals surface area contributed by atoms with E-state index < -0.39 is 0 Å². The van der Waals surface area contributed by atoms with Gasteiger partial charge in [-0.05, 0) is 69.2 Å². The number of anilines is 1. The number of hydrogen-bond donors (Lipinski definition) is 1. The minimum Gasteiger partial charge on any atom is -0.462 e. The fraction of sp³-hybridized carbons (Fsp3) is 0.645. The number of nitriles is 1. The number of aromatic nitrogens is 2. The minimum absolute atomic E-state index is 0.171. The molecule has 3 aliphatic rings. The molecule has 2 aliphatic heterocycles. The first-order valence-corrected chi connectivity index (χ1v) is 14.7. The summed E-state index contributed by atoms with van der Waals surface area (Å²) in [6.07, 6.45) is 8.26. The van der Waals surface area contributed by atoms with Gasteiger partial charge in [-0.1, -0.05) is 51.5 Å². The molecular formula is C31H46N6O. The van der Waals surface area contributed by atoms with E-state index in [4.69, 9.17) is 14.7 Å². The van der Waals surface area contributed by atoms with Crippen molar-refractivity contribution in [2.75, 3.05) is 44.7 Å². The van der Waals surface area contributed by atoms with Gasteiger partial charge in [0.15, 0.2) is 0 Å². The van der Waals surface area contributed by atoms with Crippen LogP contribution in [0, 0.1) is 17.2 Å². The second-order valence-corrected chi connectivity index (χ2v) is 11.1. The summed E-state index contributed by atoms with van der Waals surface area (Å²) >= 11 is 0.